The monoisotopic (exact) mass is 522 g/mol. The van der Waals surface area contributed by atoms with Gasteiger partial charge in [-0.2, -0.15) is 0 Å². The maximum Gasteiger partial charge on any atom is 0.337 e. The van der Waals surface area contributed by atoms with Gasteiger partial charge in [0, 0.05) is 0 Å². The minimum atomic E-state index is -0.724. The third kappa shape index (κ3) is 10.6. The Morgan fingerprint density at radius 2 is 1.22 bits per heavy atom. The first-order valence-electron chi connectivity index (χ1n) is 12.1. The van der Waals surface area contributed by atoms with Gasteiger partial charge in [0.25, 0.3) is 0 Å². The Kier molecular flexibility index (Phi) is 10.8. The van der Waals surface area contributed by atoms with Gasteiger partial charge in [-0.05, 0) is 55.4 Å². The van der Waals surface area contributed by atoms with E-state index in [-0.39, 0.29) is 38.1 Å². The topological polar surface area (TPSA) is 137 Å². The minimum absolute atomic E-state index is 0.0451. The second-order valence-electron chi connectivity index (χ2n) is 10.5. The number of aliphatic hydroxyl groups is 1. The molecule has 0 radical (unpaired) electrons. The summed E-state index contributed by atoms with van der Waals surface area (Å²) in [5.41, 5.74) is 0. The largest absolute Gasteiger partial charge is 0.461 e. The number of hydrogen-bond donors (Lipinski definition) is 1. The van der Waals surface area contributed by atoms with Crippen LogP contribution in [-0.2, 0) is 52.2 Å². The molecule has 210 valence electrons. The lowest BCUT2D eigenvalue weighted by Gasteiger charge is -2.18. The van der Waals surface area contributed by atoms with E-state index in [1.54, 1.807) is 27.7 Å². The first-order chi connectivity index (χ1) is 16.6. The van der Waals surface area contributed by atoms with Crippen LogP contribution >= 0.6 is 0 Å². The second-order valence-corrected chi connectivity index (χ2v) is 10.5. The van der Waals surface area contributed by atoms with Crippen LogP contribution in [-0.4, -0.2) is 105 Å². The Morgan fingerprint density at radius 1 is 0.750 bits per heavy atom. The van der Waals surface area contributed by atoms with Crippen molar-refractivity contribution in [2.24, 2.45) is 0 Å². The molecule has 0 spiro atoms. The molecule has 4 atom stereocenters. The van der Waals surface area contributed by atoms with E-state index in [0.29, 0.717) is 19.8 Å². The van der Waals surface area contributed by atoms with E-state index in [1.807, 2.05) is 27.7 Å². The molecule has 0 aromatic carbocycles. The van der Waals surface area contributed by atoms with Crippen molar-refractivity contribution in [1.82, 2.24) is 0 Å². The lowest BCUT2D eigenvalue weighted by molar-refractivity contribution is -0.175. The molecule has 0 aromatic heterocycles. The summed E-state index contributed by atoms with van der Waals surface area (Å²) in [6.07, 6.45) is -0.607. The predicted octanol–water partition coefficient (Wildman–Crippen LogP) is 1.30. The fourth-order valence-electron chi connectivity index (χ4n) is 3.55. The molecule has 0 bridgehead atoms. The van der Waals surface area contributed by atoms with Gasteiger partial charge in [-0.1, -0.05) is 0 Å². The minimum Gasteiger partial charge on any atom is -0.461 e. The molecule has 4 aliphatic rings. The number of carbonyl (C=O) groups is 2. The van der Waals surface area contributed by atoms with Crippen LogP contribution in [0.2, 0.25) is 0 Å². The Morgan fingerprint density at radius 3 is 1.56 bits per heavy atom. The number of aldehydes is 1. The van der Waals surface area contributed by atoms with Crippen LogP contribution in [0.5, 0.6) is 0 Å². The standard InChI is InChI=1S/C12H20O6.C6H12O3.C6H10O3/c1-11(2)15-6-8(17-11)5-14-10(13)9-7-16-12(3,4)18-9;2*1-6(2)8-4-5(3-7)9-6/h8-9H,5-7H2,1-4H3;5,7H,3-4H2,1-2H3;3,5H,4H2,1-2H3. The van der Waals surface area contributed by atoms with Gasteiger partial charge in [-0.25, -0.2) is 4.79 Å². The number of ether oxygens (including phenoxy) is 9. The number of rotatable bonds is 5. The van der Waals surface area contributed by atoms with Crippen molar-refractivity contribution in [2.45, 2.75) is 103 Å². The highest BCUT2D eigenvalue weighted by Crippen LogP contribution is 2.25. The molecule has 0 amide bonds. The Labute approximate surface area is 212 Å². The van der Waals surface area contributed by atoms with Gasteiger partial charge in [-0.3, -0.25) is 0 Å². The molecule has 36 heavy (non-hydrogen) atoms. The third-order valence-corrected chi connectivity index (χ3v) is 5.20. The number of carbonyl (C=O) groups excluding carboxylic acids is 2. The molecule has 4 heterocycles. The van der Waals surface area contributed by atoms with E-state index in [2.05, 4.69) is 0 Å². The fourth-order valence-corrected chi connectivity index (χ4v) is 3.55. The summed E-state index contributed by atoms with van der Waals surface area (Å²) in [5.74, 6) is -2.81. The molecule has 4 fully saturated rings. The number of aliphatic hydroxyl groups excluding tert-OH is 1. The molecular weight excluding hydrogens is 480 g/mol. The van der Waals surface area contributed by atoms with Crippen molar-refractivity contribution in [3.8, 4) is 0 Å². The number of hydrogen-bond acceptors (Lipinski definition) is 12. The van der Waals surface area contributed by atoms with Gasteiger partial charge >= 0.3 is 5.97 Å². The Bertz CT molecular complexity index is 720. The second kappa shape index (κ2) is 12.5. The molecule has 4 saturated heterocycles. The van der Waals surface area contributed by atoms with E-state index in [0.717, 1.165) is 6.29 Å². The average Bonchev–Trinajstić information content (AvgIpc) is 3.52. The van der Waals surface area contributed by atoms with Crippen molar-refractivity contribution < 1.29 is 57.3 Å². The van der Waals surface area contributed by atoms with Crippen molar-refractivity contribution in [2.75, 3.05) is 39.6 Å². The Balaban J connectivity index is 0.000000212. The van der Waals surface area contributed by atoms with Gasteiger partial charge in [0.15, 0.2) is 35.5 Å². The molecular formula is C24H42O12. The van der Waals surface area contributed by atoms with E-state index in [9.17, 15) is 9.59 Å². The van der Waals surface area contributed by atoms with Crippen molar-refractivity contribution >= 4 is 12.3 Å². The molecule has 1 N–H and O–H groups in total. The van der Waals surface area contributed by atoms with Crippen LogP contribution in [0.3, 0.4) is 0 Å². The maximum absolute atomic E-state index is 11.7. The quantitative estimate of drug-likeness (QED) is 0.411. The van der Waals surface area contributed by atoms with E-state index >= 15 is 0 Å². The lowest BCUT2D eigenvalue weighted by Crippen LogP contribution is -2.31. The van der Waals surface area contributed by atoms with Gasteiger partial charge in [-0.15, -0.1) is 0 Å². The molecule has 0 aliphatic carbocycles. The first-order valence-corrected chi connectivity index (χ1v) is 12.1. The molecule has 4 rings (SSSR count). The summed E-state index contributed by atoms with van der Waals surface area (Å²) >= 11 is 0. The van der Waals surface area contributed by atoms with Crippen LogP contribution in [0.15, 0.2) is 0 Å². The lowest BCUT2D eigenvalue weighted by atomic mass is 10.3. The van der Waals surface area contributed by atoms with Crippen LogP contribution < -0.4 is 0 Å². The molecule has 0 aromatic rings. The Hall–Kier alpha value is -1.22. The molecule has 0 saturated carbocycles. The highest BCUT2D eigenvalue weighted by atomic mass is 16.8. The molecule has 12 heteroatoms. The van der Waals surface area contributed by atoms with E-state index in [4.69, 9.17) is 47.7 Å². The zero-order valence-electron chi connectivity index (χ0n) is 22.6. The summed E-state index contributed by atoms with van der Waals surface area (Å²) in [5, 5.41) is 8.59. The SMILES string of the molecule is CC1(C)OCC(C=O)O1.CC1(C)OCC(CO)O1.CC1(C)OCC(COC(=O)C2COC(C)(C)O2)O1. The van der Waals surface area contributed by atoms with E-state index < -0.39 is 35.2 Å². The van der Waals surface area contributed by atoms with Crippen LogP contribution in [0.1, 0.15) is 55.4 Å². The highest BCUT2D eigenvalue weighted by molar-refractivity contribution is 5.75. The van der Waals surface area contributed by atoms with Crippen molar-refractivity contribution in [3.63, 3.8) is 0 Å². The average molecular weight is 523 g/mol. The van der Waals surface area contributed by atoms with Crippen molar-refractivity contribution in [3.05, 3.63) is 0 Å². The van der Waals surface area contributed by atoms with Crippen molar-refractivity contribution in [1.29, 1.82) is 0 Å². The van der Waals surface area contributed by atoms with Crippen LogP contribution in [0, 0.1) is 0 Å². The normalized spacial score (nSPS) is 33.1. The zero-order valence-corrected chi connectivity index (χ0v) is 22.6. The summed E-state index contributed by atoms with van der Waals surface area (Å²) in [6, 6.07) is 0. The molecule has 4 unspecified atom stereocenters. The van der Waals surface area contributed by atoms with Crippen LogP contribution in [0.4, 0.5) is 0 Å². The summed E-state index contributed by atoms with van der Waals surface area (Å²) < 4.78 is 47.3. The third-order valence-electron chi connectivity index (χ3n) is 5.20. The van der Waals surface area contributed by atoms with Gasteiger partial charge in [0.1, 0.15) is 24.9 Å². The smallest absolute Gasteiger partial charge is 0.337 e. The van der Waals surface area contributed by atoms with Gasteiger partial charge in [0.2, 0.25) is 0 Å². The summed E-state index contributed by atoms with van der Waals surface area (Å²) in [4.78, 5) is 21.8. The predicted molar refractivity (Wildman–Crippen MR) is 124 cm³/mol. The summed E-state index contributed by atoms with van der Waals surface area (Å²) in [6.45, 7) is 16.2. The highest BCUT2D eigenvalue weighted by Gasteiger charge is 2.39. The summed E-state index contributed by atoms with van der Waals surface area (Å²) in [7, 11) is 0. The van der Waals surface area contributed by atoms with E-state index in [1.165, 1.54) is 0 Å². The molecule has 4 aliphatic heterocycles. The first kappa shape index (κ1) is 31.0. The van der Waals surface area contributed by atoms with Gasteiger partial charge in [0.05, 0.1) is 33.0 Å². The van der Waals surface area contributed by atoms with Crippen LogP contribution in [0.25, 0.3) is 0 Å². The maximum atomic E-state index is 11.7. The fraction of sp³-hybridized carbons (Fsp3) is 0.917. The number of esters is 1. The van der Waals surface area contributed by atoms with Gasteiger partial charge < -0.3 is 52.5 Å². The molecule has 12 nitrogen and oxygen atoms in total. The zero-order chi connectivity index (χ0) is 27.2.